The molecule has 2 nitrogen and oxygen atoms in total. The van der Waals surface area contributed by atoms with Crippen molar-refractivity contribution < 1.29 is 4.39 Å². The van der Waals surface area contributed by atoms with Crippen LogP contribution in [0.15, 0.2) is 18.2 Å². The van der Waals surface area contributed by atoms with Crippen LogP contribution in [-0.4, -0.2) is 0 Å². The van der Waals surface area contributed by atoms with E-state index in [1.54, 1.807) is 12.1 Å². The van der Waals surface area contributed by atoms with Crippen molar-refractivity contribution in [2.45, 2.75) is 19.9 Å². The van der Waals surface area contributed by atoms with Crippen molar-refractivity contribution in [2.75, 3.05) is 5.73 Å². The molecule has 0 heterocycles. The molecule has 0 aliphatic carbocycles. The maximum absolute atomic E-state index is 13.4. The van der Waals surface area contributed by atoms with Crippen LogP contribution in [0.3, 0.4) is 0 Å². The van der Waals surface area contributed by atoms with E-state index >= 15 is 0 Å². The monoisotopic (exact) mass is 182 g/mol. The molecule has 0 bridgehead atoms. The summed E-state index contributed by atoms with van der Waals surface area (Å²) in [5.74, 6) is -0.181. The minimum Gasteiger partial charge on any atom is -0.396 e. The summed E-state index contributed by atoms with van der Waals surface area (Å²) in [6, 6.07) is 4.64. The fourth-order valence-corrected chi connectivity index (χ4v) is 1.18. The highest BCUT2D eigenvalue weighted by Gasteiger charge is 2.15. The number of anilines is 1. The summed E-state index contributed by atoms with van der Waals surface area (Å²) < 4.78 is 13.4. The SMILES string of the molecule is CC(C)[C@H](N)c1cccc(N)c1F. The van der Waals surface area contributed by atoms with Gasteiger partial charge in [0.05, 0.1) is 5.69 Å². The summed E-state index contributed by atoms with van der Waals surface area (Å²) in [7, 11) is 0. The number of rotatable bonds is 2. The standard InChI is InChI=1S/C10H15FN2/c1-6(2)10(13)7-4-3-5-8(12)9(7)11/h3-6,10H,12-13H2,1-2H3/t10-/m0/s1. The molecule has 1 aromatic carbocycles. The summed E-state index contributed by atoms with van der Waals surface area (Å²) >= 11 is 0. The van der Waals surface area contributed by atoms with Crippen LogP contribution in [0.5, 0.6) is 0 Å². The summed E-state index contributed by atoms with van der Waals surface area (Å²) in [6.07, 6.45) is 0. The highest BCUT2D eigenvalue weighted by Crippen LogP contribution is 2.24. The smallest absolute Gasteiger partial charge is 0.150 e. The zero-order chi connectivity index (χ0) is 10.0. The van der Waals surface area contributed by atoms with Gasteiger partial charge in [0, 0.05) is 11.6 Å². The van der Waals surface area contributed by atoms with Gasteiger partial charge in [0.1, 0.15) is 0 Å². The first kappa shape index (κ1) is 9.99. The van der Waals surface area contributed by atoms with E-state index in [2.05, 4.69) is 0 Å². The number of nitrogens with two attached hydrogens (primary N) is 2. The summed E-state index contributed by atoms with van der Waals surface area (Å²) in [4.78, 5) is 0. The van der Waals surface area contributed by atoms with Crippen molar-refractivity contribution in [3.8, 4) is 0 Å². The molecule has 0 fully saturated rings. The number of hydrogen-bond acceptors (Lipinski definition) is 2. The quantitative estimate of drug-likeness (QED) is 0.688. The van der Waals surface area contributed by atoms with Gasteiger partial charge in [0.15, 0.2) is 5.82 Å². The highest BCUT2D eigenvalue weighted by molar-refractivity contribution is 5.43. The van der Waals surface area contributed by atoms with Gasteiger partial charge >= 0.3 is 0 Å². The third-order valence-corrected chi connectivity index (χ3v) is 2.14. The third kappa shape index (κ3) is 1.98. The molecule has 72 valence electrons. The van der Waals surface area contributed by atoms with Crippen LogP contribution in [0.25, 0.3) is 0 Å². The lowest BCUT2D eigenvalue weighted by molar-refractivity contribution is 0.486. The molecule has 1 rings (SSSR count). The molecule has 4 N–H and O–H groups in total. The molecule has 0 saturated carbocycles. The van der Waals surface area contributed by atoms with Crippen LogP contribution in [0.2, 0.25) is 0 Å². The molecule has 0 amide bonds. The summed E-state index contributed by atoms with van der Waals surface area (Å²) in [5.41, 5.74) is 11.9. The fraction of sp³-hybridized carbons (Fsp3) is 0.400. The van der Waals surface area contributed by atoms with Gasteiger partial charge in [-0.25, -0.2) is 4.39 Å². The molecule has 0 spiro atoms. The molecule has 13 heavy (non-hydrogen) atoms. The fourth-order valence-electron chi connectivity index (χ4n) is 1.18. The van der Waals surface area contributed by atoms with Gasteiger partial charge in [-0.1, -0.05) is 26.0 Å². The molecule has 0 saturated heterocycles. The molecular formula is C10H15FN2. The van der Waals surface area contributed by atoms with Crippen LogP contribution in [0, 0.1) is 11.7 Å². The van der Waals surface area contributed by atoms with E-state index in [9.17, 15) is 4.39 Å². The molecule has 0 aliphatic heterocycles. The first-order chi connectivity index (χ1) is 6.04. The second-order valence-electron chi connectivity index (χ2n) is 3.52. The number of hydrogen-bond donors (Lipinski definition) is 2. The minimum atomic E-state index is -0.385. The van der Waals surface area contributed by atoms with E-state index in [-0.39, 0.29) is 23.5 Å². The van der Waals surface area contributed by atoms with Crippen LogP contribution >= 0.6 is 0 Å². The van der Waals surface area contributed by atoms with Crippen LogP contribution in [0.1, 0.15) is 25.5 Å². The second kappa shape index (κ2) is 3.75. The van der Waals surface area contributed by atoms with E-state index in [0.29, 0.717) is 5.56 Å². The highest BCUT2D eigenvalue weighted by atomic mass is 19.1. The predicted molar refractivity (Wildman–Crippen MR) is 52.6 cm³/mol. The van der Waals surface area contributed by atoms with Gasteiger partial charge in [-0.2, -0.15) is 0 Å². The van der Waals surface area contributed by atoms with Crippen molar-refractivity contribution >= 4 is 5.69 Å². The Morgan fingerprint density at radius 2 is 1.92 bits per heavy atom. The van der Waals surface area contributed by atoms with Crippen molar-refractivity contribution in [3.63, 3.8) is 0 Å². The topological polar surface area (TPSA) is 52.0 Å². The van der Waals surface area contributed by atoms with Crippen molar-refractivity contribution in [2.24, 2.45) is 11.7 Å². The molecule has 3 heteroatoms. The Morgan fingerprint density at radius 3 is 2.46 bits per heavy atom. The Bertz CT molecular complexity index is 297. The van der Waals surface area contributed by atoms with Gasteiger partial charge in [-0.05, 0) is 12.0 Å². The van der Waals surface area contributed by atoms with Gasteiger partial charge in [-0.15, -0.1) is 0 Å². The average molecular weight is 182 g/mol. The third-order valence-electron chi connectivity index (χ3n) is 2.14. The van der Waals surface area contributed by atoms with Gasteiger partial charge < -0.3 is 11.5 Å². The lowest BCUT2D eigenvalue weighted by Gasteiger charge is -2.17. The summed E-state index contributed by atoms with van der Waals surface area (Å²) in [5, 5.41) is 0. The van der Waals surface area contributed by atoms with Crippen molar-refractivity contribution in [3.05, 3.63) is 29.6 Å². The van der Waals surface area contributed by atoms with E-state index in [0.717, 1.165) is 0 Å². The van der Waals surface area contributed by atoms with E-state index < -0.39 is 0 Å². The van der Waals surface area contributed by atoms with E-state index in [1.165, 1.54) is 6.07 Å². The normalized spacial score (nSPS) is 13.3. The molecule has 1 atom stereocenters. The van der Waals surface area contributed by atoms with Gasteiger partial charge in [-0.3, -0.25) is 0 Å². The lowest BCUT2D eigenvalue weighted by Crippen LogP contribution is -2.18. The first-order valence-electron chi connectivity index (χ1n) is 4.33. The minimum absolute atomic E-state index is 0.161. The van der Waals surface area contributed by atoms with Crippen molar-refractivity contribution in [1.82, 2.24) is 0 Å². The number of nitrogen functional groups attached to an aromatic ring is 1. The van der Waals surface area contributed by atoms with E-state index in [1.807, 2.05) is 13.8 Å². The van der Waals surface area contributed by atoms with Crippen molar-refractivity contribution in [1.29, 1.82) is 0 Å². The Morgan fingerprint density at radius 1 is 1.31 bits per heavy atom. The largest absolute Gasteiger partial charge is 0.396 e. The number of benzene rings is 1. The number of halogens is 1. The summed E-state index contributed by atoms with van der Waals surface area (Å²) in [6.45, 7) is 3.90. The zero-order valence-corrected chi connectivity index (χ0v) is 7.92. The maximum Gasteiger partial charge on any atom is 0.150 e. The molecule has 1 aromatic rings. The lowest BCUT2D eigenvalue weighted by atomic mass is 9.96. The maximum atomic E-state index is 13.4. The molecule has 0 unspecified atom stereocenters. The zero-order valence-electron chi connectivity index (χ0n) is 7.92. The van der Waals surface area contributed by atoms with E-state index in [4.69, 9.17) is 11.5 Å². The molecule has 0 aromatic heterocycles. The first-order valence-corrected chi connectivity index (χ1v) is 4.33. The second-order valence-corrected chi connectivity index (χ2v) is 3.52. The molecule has 0 radical (unpaired) electrons. The van der Waals surface area contributed by atoms with Crippen LogP contribution < -0.4 is 11.5 Å². The Labute approximate surface area is 77.7 Å². The Balaban J connectivity index is 3.07. The molecular weight excluding hydrogens is 167 g/mol. The van der Waals surface area contributed by atoms with Gasteiger partial charge in [0.25, 0.3) is 0 Å². The average Bonchev–Trinajstić information content (AvgIpc) is 2.08. The van der Waals surface area contributed by atoms with Crippen LogP contribution in [-0.2, 0) is 0 Å². The molecule has 0 aliphatic rings. The Kier molecular flexibility index (Phi) is 2.88. The van der Waals surface area contributed by atoms with Gasteiger partial charge in [0.2, 0.25) is 0 Å². The van der Waals surface area contributed by atoms with Crippen LogP contribution in [0.4, 0.5) is 10.1 Å². The predicted octanol–water partition coefficient (Wildman–Crippen LogP) is 2.06. The Hall–Kier alpha value is -1.09.